The Balaban J connectivity index is 1.81. The SMILES string of the molecule is Cc1cc(NC(=O)c2cc(F)cc(N3CCOCC3)c2)cnc1C. The molecule has 1 aromatic carbocycles. The van der Waals surface area contributed by atoms with Gasteiger partial charge in [-0.2, -0.15) is 0 Å². The molecule has 1 aliphatic rings. The van der Waals surface area contributed by atoms with Gasteiger partial charge in [0, 0.05) is 30.0 Å². The number of pyridine rings is 1. The van der Waals surface area contributed by atoms with Crippen molar-refractivity contribution in [2.45, 2.75) is 13.8 Å². The summed E-state index contributed by atoms with van der Waals surface area (Å²) in [6.07, 6.45) is 1.60. The van der Waals surface area contributed by atoms with Gasteiger partial charge in [0.2, 0.25) is 0 Å². The Labute approximate surface area is 140 Å². The second-order valence-corrected chi connectivity index (χ2v) is 5.88. The zero-order valence-electron chi connectivity index (χ0n) is 13.8. The summed E-state index contributed by atoms with van der Waals surface area (Å²) in [6.45, 7) is 6.41. The number of amides is 1. The number of nitrogens with zero attached hydrogens (tertiary/aromatic N) is 2. The number of aromatic nitrogens is 1. The van der Waals surface area contributed by atoms with Crippen LogP contribution in [0.4, 0.5) is 15.8 Å². The molecule has 1 saturated heterocycles. The van der Waals surface area contributed by atoms with E-state index in [0.29, 0.717) is 37.7 Å². The molecule has 24 heavy (non-hydrogen) atoms. The van der Waals surface area contributed by atoms with E-state index in [9.17, 15) is 9.18 Å². The van der Waals surface area contributed by atoms with E-state index in [1.165, 1.54) is 12.1 Å². The molecular formula is C18H20FN3O2. The molecule has 1 amide bonds. The number of morpholine rings is 1. The first-order chi connectivity index (χ1) is 11.5. The number of carbonyl (C=O) groups excluding carboxylic acids is 1. The first-order valence-electron chi connectivity index (χ1n) is 7.91. The zero-order chi connectivity index (χ0) is 17.1. The quantitative estimate of drug-likeness (QED) is 0.941. The predicted molar refractivity (Wildman–Crippen MR) is 91.1 cm³/mol. The molecular weight excluding hydrogens is 309 g/mol. The lowest BCUT2D eigenvalue weighted by Crippen LogP contribution is -2.36. The smallest absolute Gasteiger partial charge is 0.255 e. The van der Waals surface area contributed by atoms with Gasteiger partial charge in [0.1, 0.15) is 5.82 Å². The average Bonchev–Trinajstić information content (AvgIpc) is 2.58. The van der Waals surface area contributed by atoms with Crippen molar-refractivity contribution in [2.75, 3.05) is 36.5 Å². The summed E-state index contributed by atoms with van der Waals surface area (Å²) in [6, 6.07) is 6.24. The normalized spacial score (nSPS) is 14.5. The minimum atomic E-state index is -0.428. The summed E-state index contributed by atoms with van der Waals surface area (Å²) in [7, 11) is 0. The number of ether oxygens (including phenoxy) is 1. The highest BCUT2D eigenvalue weighted by molar-refractivity contribution is 6.04. The standard InChI is InChI=1S/C18H20FN3O2/c1-12-7-16(11-20-13(12)2)21-18(23)14-8-15(19)10-17(9-14)22-3-5-24-6-4-22/h7-11H,3-6H2,1-2H3,(H,21,23). The van der Waals surface area contributed by atoms with Crippen molar-refractivity contribution in [1.29, 1.82) is 0 Å². The van der Waals surface area contributed by atoms with Crippen molar-refractivity contribution in [3.05, 3.63) is 53.1 Å². The van der Waals surface area contributed by atoms with Crippen molar-refractivity contribution in [1.82, 2.24) is 4.98 Å². The highest BCUT2D eigenvalue weighted by atomic mass is 19.1. The van der Waals surface area contributed by atoms with Crippen LogP contribution in [0.5, 0.6) is 0 Å². The number of halogens is 1. The van der Waals surface area contributed by atoms with Gasteiger partial charge in [-0.15, -0.1) is 0 Å². The maximum atomic E-state index is 13.9. The summed E-state index contributed by atoms with van der Waals surface area (Å²) in [5.74, 6) is -0.781. The maximum Gasteiger partial charge on any atom is 0.255 e. The van der Waals surface area contributed by atoms with Gasteiger partial charge in [0.25, 0.3) is 5.91 Å². The molecule has 1 N–H and O–H groups in total. The molecule has 1 aliphatic heterocycles. The van der Waals surface area contributed by atoms with E-state index in [0.717, 1.165) is 11.3 Å². The number of carbonyl (C=O) groups is 1. The third-order valence-corrected chi connectivity index (χ3v) is 4.12. The van der Waals surface area contributed by atoms with Crippen molar-refractivity contribution < 1.29 is 13.9 Å². The van der Waals surface area contributed by atoms with Crippen LogP contribution < -0.4 is 10.2 Å². The van der Waals surface area contributed by atoms with Crippen molar-refractivity contribution in [3.63, 3.8) is 0 Å². The topological polar surface area (TPSA) is 54.5 Å². The molecule has 0 saturated carbocycles. The van der Waals surface area contributed by atoms with Gasteiger partial charge in [-0.3, -0.25) is 9.78 Å². The van der Waals surface area contributed by atoms with Gasteiger partial charge >= 0.3 is 0 Å². The fourth-order valence-corrected chi connectivity index (χ4v) is 2.62. The molecule has 0 unspecified atom stereocenters. The van der Waals surface area contributed by atoms with E-state index in [4.69, 9.17) is 4.74 Å². The molecule has 2 aromatic rings. The van der Waals surface area contributed by atoms with Crippen LogP contribution in [0.1, 0.15) is 21.6 Å². The van der Waals surface area contributed by atoms with Crippen molar-refractivity contribution in [3.8, 4) is 0 Å². The molecule has 0 radical (unpaired) electrons. The molecule has 6 heteroatoms. The Morgan fingerprint density at radius 2 is 1.96 bits per heavy atom. The van der Waals surface area contributed by atoms with Crippen LogP contribution in [0.3, 0.4) is 0 Å². The first kappa shape index (κ1) is 16.4. The van der Waals surface area contributed by atoms with Crippen LogP contribution in [0.25, 0.3) is 0 Å². The number of rotatable bonds is 3. The third kappa shape index (κ3) is 3.71. The third-order valence-electron chi connectivity index (χ3n) is 4.12. The minimum Gasteiger partial charge on any atom is -0.378 e. The molecule has 0 atom stereocenters. The van der Waals surface area contributed by atoms with E-state index < -0.39 is 5.82 Å². The summed E-state index contributed by atoms with van der Waals surface area (Å²) >= 11 is 0. The molecule has 5 nitrogen and oxygen atoms in total. The Bertz CT molecular complexity index is 758. The van der Waals surface area contributed by atoms with Crippen LogP contribution in [-0.4, -0.2) is 37.2 Å². The zero-order valence-corrected chi connectivity index (χ0v) is 13.8. The number of hydrogen-bond donors (Lipinski definition) is 1. The lowest BCUT2D eigenvalue weighted by molar-refractivity contribution is 0.102. The van der Waals surface area contributed by atoms with E-state index in [1.807, 2.05) is 24.8 Å². The Hall–Kier alpha value is -2.47. The molecule has 126 valence electrons. The Morgan fingerprint density at radius 3 is 2.67 bits per heavy atom. The Kier molecular flexibility index (Phi) is 4.76. The summed E-state index contributed by atoms with van der Waals surface area (Å²) in [5.41, 5.74) is 3.48. The van der Waals surface area contributed by atoms with Crippen LogP contribution in [-0.2, 0) is 4.74 Å². The average molecular weight is 329 g/mol. The monoisotopic (exact) mass is 329 g/mol. The fourth-order valence-electron chi connectivity index (χ4n) is 2.62. The second kappa shape index (κ2) is 6.97. The van der Waals surface area contributed by atoms with E-state index in [1.54, 1.807) is 12.3 Å². The molecule has 3 rings (SSSR count). The molecule has 0 spiro atoms. The van der Waals surface area contributed by atoms with Gasteiger partial charge in [-0.25, -0.2) is 4.39 Å². The van der Waals surface area contributed by atoms with Gasteiger partial charge in [0.15, 0.2) is 0 Å². The molecule has 2 heterocycles. The van der Waals surface area contributed by atoms with Crippen LogP contribution in [0.15, 0.2) is 30.5 Å². The molecule has 0 bridgehead atoms. The van der Waals surface area contributed by atoms with Crippen LogP contribution in [0.2, 0.25) is 0 Å². The Morgan fingerprint density at radius 1 is 1.21 bits per heavy atom. The number of nitrogens with one attached hydrogen (secondary N) is 1. The van der Waals surface area contributed by atoms with Gasteiger partial charge < -0.3 is 15.0 Å². The second-order valence-electron chi connectivity index (χ2n) is 5.88. The molecule has 1 aromatic heterocycles. The number of aryl methyl sites for hydroxylation is 2. The summed E-state index contributed by atoms with van der Waals surface area (Å²) in [5, 5.41) is 2.77. The van der Waals surface area contributed by atoms with E-state index in [-0.39, 0.29) is 11.5 Å². The van der Waals surface area contributed by atoms with E-state index in [2.05, 4.69) is 10.3 Å². The van der Waals surface area contributed by atoms with Crippen molar-refractivity contribution >= 4 is 17.3 Å². The lowest BCUT2D eigenvalue weighted by atomic mass is 10.1. The summed E-state index contributed by atoms with van der Waals surface area (Å²) in [4.78, 5) is 18.7. The maximum absolute atomic E-state index is 13.9. The van der Waals surface area contributed by atoms with Crippen LogP contribution in [0, 0.1) is 19.7 Å². The highest BCUT2D eigenvalue weighted by Crippen LogP contribution is 2.21. The minimum absolute atomic E-state index is 0.287. The number of benzene rings is 1. The largest absolute Gasteiger partial charge is 0.378 e. The lowest BCUT2D eigenvalue weighted by Gasteiger charge is -2.29. The summed E-state index contributed by atoms with van der Waals surface area (Å²) < 4.78 is 19.3. The van der Waals surface area contributed by atoms with Crippen LogP contribution >= 0.6 is 0 Å². The fraction of sp³-hybridized carbons (Fsp3) is 0.333. The van der Waals surface area contributed by atoms with Gasteiger partial charge in [0.05, 0.1) is 25.1 Å². The first-order valence-corrected chi connectivity index (χ1v) is 7.91. The highest BCUT2D eigenvalue weighted by Gasteiger charge is 2.16. The molecule has 1 fully saturated rings. The van der Waals surface area contributed by atoms with Gasteiger partial charge in [-0.1, -0.05) is 0 Å². The van der Waals surface area contributed by atoms with Gasteiger partial charge in [-0.05, 0) is 43.7 Å². The van der Waals surface area contributed by atoms with Crippen molar-refractivity contribution in [2.24, 2.45) is 0 Å². The van der Waals surface area contributed by atoms with E-state index >= 15 is 0 Å². The predicted octanol–water partition coefficient (Wildman–Crippen LogP) is 2.93. The number of anilines is 2. The number of hydrogen-bond acceptors (Lipinski definition) is 4. The molecule has 0 aliphatic carbocycles.